The number of nitrogens with zero attached hydrogens (tertiary/aromatic N) is 4. The Bertz CT molecular complexity index is 685. The summed E-state index contributed by atoms with van der Waals surface area (Å²) in [5.41, 5.74) is 0.422. The van der Waals surface area contributed by atoms with Crippen LogP contribution in [0.1, 0.15) is 18.7 Å². The van der Waals surface area contributed by atoms with Crippen LogP contribution >= 0.6 is 0 Å². The smallest absolute Gasteiger partial charge is 0.303 e. The van der Waals surface area contributed by atoms with Gasteiger partial charge in [-0.2, -0.15) is 4.68 Å². The summed E-state index contributed by atoms with van der Waals surface area (Å²) in [5, 5.41) is 21.7. The minimum Gasteiger partial charge on any atom is -0.481 e. The second-order valence-electron chi connectivity index (χ2n) is 4.25. The fourth-order valence-electron chi connectivity index (χ4n) is 1.65. The van der Waals surface area contributed by atoms with Crippen molar-refractivity contribution in [3.63, 3.8) is 0 Å². The third-order valence-corrected chi connectivity index (χ3v) is 2.65. The van der Waals surface area contributed by atoms with Crippen molar-refractivity contribution in [2.24, 2.45) is 0 Å². The number of carbonyl (C=O) groups excluding carboxylic acids is 1. The maximum Gasteiger partial charge on any atom is 0.303 e. The molecule has 110 valence electrons. The van der Waals surface area contributed by atoms with Gasteiger partial charge >= 0.3 is 5.97 Å². The first-order valence-electron chi connectivity index (χ1n) is 6.04. The van der Waals surface area contributed by atoms with Crippen LogP contribution in [-0.4, -0.2) is 37.2 Å². The first kappa shape index (κ1) is 14.6. The number of benzene rings is 1. The fraction of sp³-hybridized carbons (Fsp3) is 0.250. The first-order chi connectivity index (χ1) is 9.97. The normalized spacial score (nSPS) is 10.4. The number of hydrogen-bond acceptors (Lipinski definition) is 5. The number of halogens is 1. The van der Waals surface area contributed by atoms with E-state index in [0.717, 1.165) is 0 Å². The Labute approximate surface area is 118 Å². The zero-order chi connectivity index (χ0) is 15.4. The molecule has 0 aliphatic carbocycles. The van der Waals surface area contributed by atoms with E-state index in [-0.39, 0.29) is 18.5 Å². The summed E-state index contributed by atoms with van der Waals surface area (Å²) in [4.78, 5) is 21.9. The minimum absolute atomic E-state index is 0.0912. The molecule has 1 amide bonds. The Hall–Kier alpha value is -2.84. The molecule has 0 unspecified atom stereocenters. The molecule has 2 aromatic rings. The number of carboxylic acids is 1. The second-order valence-corrected chi connectivity index (χ2v) is 4.25. The van der Waals surface area contributed by atoms with Crippen LogP contribution in [0, 0.1) is 12.7 Å². The summed E-state index contributed by atoms with van der Waals surface area (Å²) in [6.07, 6.45) is -0.433. The Balaban J connectivity index is 2.18. The number of carbonyl (C=O) groups is 2. The van der Waals surface area contributed by atoms with Gasteiger partial charge in [0.15, 0.2) is 5.82 Å². The lowest BCUT2D eigenvalue weighted by Crippen LogP contribution is -2.14. The molecular formula is C12H12FN5O3. The highest BCUT2D eigenvalue weighted by Crippen LogP contribution is 2.19. The highest BCUT2D eigenvalue weighted by atomic mass is 19.1. The molecule has 0 spiro atoms. The van der Waals surface area contributed by atoms with Crippen LogP contribution in [0.3, 0.4) is 0 Å². The van der Waals surface area contributed by atoms with Crippen LogP contribution in [0.4, 0.5) is 10.1 Å². The topological polar surface area (TPSA) is 110 Å². The average molecular weight is 293 g/mol. The lowest BCUT2D eigenvalue weighted by Gasteiger charge is -2.08. The lowest BCUT2D eigenvalue weighted by atomic mass is 10.2. The van der Waals surface area contributed by atoms with E-state index in [0.29, 0.717) is 11.5 Å². The number of aliphatic carboxylic acids is 1. The molecule has 1 aromatic heterocycles. The summed E-state index contributed by atoms with van der Waals surface area (Å²) in [6.45, 7) is 1.61. The van der Waals surface area contributed by atoms with Gasteiger partial charge in [-0.25, -0.2) is 4.39 Å². The molecule has 0 atom stereocenters. The molecule has 1 aromatic carbocycles. The molecule has 0 aliphatic heterocycles. The Morgan fingerprint density at radius 2 is 2.14 bits per heavy atom. The number of tetrazole rings is 1. The van der Waals surface area contributed by atoms with Crippen molar-refractivity contribution >= 4 is 17.6 Å². The van der Waals surface area contributed by atoms with Gasteiger partial charge in [0, 0.05) is 12.1 Å². The Morgan fingerprint density at radius 1 is 1.38 bits per heavy atom. The van der Waals surface area contributed by atoms with E-state index >= 15 is 0 Å². The SMILES string of the molecule is Cc1nnnn1-c1cc(NC(=O)CCC(=O)O)ccc1F. The van der Waals surface area contributed by atoms with E-state index in [2.05, 4.69) is 20.8 Å². The van der Waals surface area contributed by atoms with Crippen molar-refractivity contribution in [2.75, 3.05) is 5.32 Å². The molecular weight excluding hydrogens is 281 g/mol. The monoisotopic (exact) mass is 293 g/mol. The maximum atomic E-state index is 13.8. The molecule has 9 heteroatoms. The van der Waals surface area contributed by atoms with E-state index < -0.39 is 17.7 Å². The van der Waals surface area contributed by atoms with Gasteiger partial charge in [0.25, 0.3) is 0 Å². The molecule has 0 saturated carbocycles. The average Bonchev–Trinajstić information content (AvgIpc) is 2.85. The highest BCUT2D eigenvalue weighted by Gasteiger charge is 2.12. The third-order valence-electron chi connectivity index (χ3n) is 2.65. The maximum absolute atomic E-state index is 13.8. The van der Waals surface area contributed by atoms with Gasteiger partial charge in [-0.15, -0.1) is 5.10 Å². The quantitative estimate of drug-likeness (QED) is 0.848. The van der Waals surface area contributed by atoms with Crippen molar-refractivity contribution < 1.29 is 19.1 Å². The van der Waals surface area contributed by atoms with E-state index in [9.17, 15) is 14.0 Å². The van der Waals surface area contributed by atoms with Crippen LogP contribution in [0.2, 0.25) is 0 Å². The van der Waals surface area contributed by atoms with Gasteiger partial charge in [-0.05, 0) is 35.5 Å². The lowest BCUT2D eigenvalue weighted by molar-refractivity contribution is -0.138. The van der Waals surface area contributed by atoms with Crippen molar-refractivity contribution in [2.45, 2.75) is 19.8 Å². The van der Waals surface area contributed by atoms with Crippen molar-refractivity contribution in [1.29, 1.82) is 0 Å². The molecule has 0 fully saturated rings. The zero-order valence-electron chi connectivity index (χ0n) is 11.1. The van der Waals surface area contributed by atoms with Crippen LogP contribution in [0.5, 0.6) is 0 Å². The minimum atomic E-state index is -1.06. The van der Waals surface area contributed by atoms with E-state index in [1.54, 1.807) is 6.92 Å². The van der Waals surface area contributed by atoms with E-state index in [4.69, 9.17) is 5.11 Å². The summed E-state index contributed by atoms with van der Waals surface area (Å²) < 4.78 is 15.0. The molecule has 21 heavy (non-hydrogen) atoms. The number of anilines is 1. The first-order valence-corrected chi connectivity index (χ1v) is 6.04. The van der Waals surface area contributed by atoms with Gasteiger partial charge in [0.1, 0.15) is 11.5 Å². The number of aryl methyl sites for hydroxylation is 1. The summed E-state index contributed by atoms with van der Waals surface area (Å²) in [6, 6.07) is 3.91. The van der Waals surface area contributed by atoms with Crippen molar-refractivity contribution in [3.05, 3.63) is 29.8 Å². The van der Waals surface area contributed by atoms with E-state index in [1.165, 1.54) is 22.9 Å². The highest BCUT2D eigenvalue weighted by molar-refractivity contribution is 5.92. The van der Waals surface area contributed by atoms with Crippen LogP contribution in [-0.2, 0) is 9.59 Å². The summed E-state index contributed by atoms with van der Waals surface area (Å²) >= 11 is 0. The van der Waals surface area contributed by atoms with Crippen LogP contribution in [0.15, 0.2) is 18.2 Å². The summed E-state index contributed by atoms with van der Waals surface area (Å²) in [7, 11) is 0. The number of aromatic nitrogens is 4. The van der Waals surface area contributed by atoms with Gasteiger partial charge < -0.3 is 10.4 Å². The molecule has 8 nitrogen and oxygen atoms in total. The standard InChI is InChI=1S/C12H12FN5O3/c1-7-15-16-17-18(7)10-6-8(2-3-9(10)13)14-11(19)4-5-12(20)21/h2-3,6H,4-5H2,1H3,(H,14,19)(H,20,21). The number of rotatable bonds is 5. The third kappa shape index (κ3) is 3.59. The van der Waals surface area contributed by atoms with E-state index in [1.807, 2.05) is 0 Å². The van der Waals surface area contributed by atoms with Gasteiger partial charge in [-0.1, -0.05) is 0 Å². The predicted octanol–water partition coefficient (Wildman–Crippen LogP) is 0.913. The molecule has 1 heterocycles. The number of hydrogen-bond donors (Lipinski definition) is 2. The van der Waals surface area contributed by atoms with Gasteiger partial charge in [0.2, 0.25) is 5.91 Å². The molecule has 0 radical (unpaired) electrons. The van der Waals surface area contributed by atoms with Crippen LogP contribution < -0.4 is 5.32 Å². The Morgan fingerprint density at radius 3 is 2.76 bits per heavy atom. The second kappa shape index (κ2) is 6.07. The van der Waals surface area contributed by atoms with Crippen molar-refractivity contribution in [3.8, 4) is 5.69 Å². The van der Waals surface area contributed by atoms with Gasteiger partial charge in [-0.3, -0.25) is 9.59 Å². The van der Waals surface area contributed by atoms with Gasteiger partial charge in [0.05, 0.1) is 6.42 Å². The largest absolute Gasteiger partial charge is 0.481 e. The number of amides is 1. The van der Waals surface area contributed by atoms with Crippen molar-refractivity contribution in [1.82, 2.24) is 20.2 Å². The molecule has 0 aliphatic rings. The zero-order valence-corrected chi connectivity index (χ0v) is 11.1. The molecule has 2 rings (SSSR count). The van der Waals surface area contributed by atoms with Crippen LogP contribution in [0.25, 0.3) is 5.69 Å². The summed E-state index contributed by atoms with van der Waals surface area (Å²) in [5.74, 6) is -1.69. The fourth-order valence-corrected chi connectivity index (χ4v) is 1.65. The predicted molar refractivity (Wildman–Crippen MR) is 69.3 cm³/mol. The Kier molecular flexibility index (Phi) is 4.21. The molecule has 0 bridgehead atoms. The number of carboxylic acid groups (broad SMARTS) is 1. The molecule has 2 N–H and O–H groups in total. The number of nitrogens with one attached hydrogen (secondary N) is 1. The molecule has 0 saturated heterocycles.